The molecule has 1 aromatic carbocycles. The lowest BCUT2D eigenvalue weighted by molar-refractivity contribution is 0.114. The zero-order valence-corrected chi connectivity index (χ0v) is 17.5. The van der Waals surface area contributed by atoms with Crippen molar-refractivity contribution >= 4 is 11.8 Å². The van der Waals surface area contributed by atoms with Gasteiger partial charge in [-0.3, -0.25) is 4.99 Å². The van der Waals surface area contributed by atoms with Gasteiger partial charge < -0.3 is 25.4 Å². The number of aliphatic hydroxyl groups is 1. The van der Waals surface area contributed by atoms with Crippen molar-refractivity contribution in [2.24, 2.45) is 4.99 Å². The highest BCUT2D eigenvalue weighted by atomic mass is 19.1. The number of benzene rings is 1. The molecule has 2 heterocycles. The van der Waals surface area contributed by atoms with Crippen LogP contribution < -0.4 is 20.3 Å². The van der Waals surface area contributed by atoms with Crippen molar-refractivity contribution in [3.63, 3.8) is 0 Å². The molecule has 1 aliphatic rings. The maximum absolute atomic E-state index is 14.0. The second-order valence-electron chi connectivity index (χ2n) is 7.39. The molecule has 3 rings (SSSR count). The minimum absolute atomic E-state index is 0.116. The summed E-state index contributed by atoms with van der Waals surface area (Å²) in [6.07, 6.45) is 1.73. The van der Waals surface area contributed by atoms with E-state index in [0.29, 0.717) is 24.9 Å². The Balaban J connectivity index is 1.50. The molecular weight excluding hydrogens is 385 g/mol. The van der Waals surface area contributed by atoms with E-state index < -0.39 is 6.10 Å². The van der Waals surface area contributed by atoms with Crippen LogP contribution in [-0.2, 0) is 0 Å². The Hall–Kier alpha value is -2.87. The van der Waals surface area contributed by atoms with Gasteiger partial charge in [0.25, 0.3) is 0 Å². The number of hydrogen-bond acceptors (Lipinski definition) is 5. The van der Waals surface area contributed by atoms with Gasteiger partial charge in [0.15, 0.2) is 17.6 Å². The first-order chi connectivity index (χ1) is 14.5. The summed E-state index contributed by atoms with van der Waals surface area (Å²) in [6.45, 7) is 6.42. The van der Waals surface area contributed by atoms with Gasteiger partial charge in [-0.15, -0.1) is 0 Å². The van der Waals surface area contributed by atoms with E-state index in [1.165, 1.54) is 6.07 Å². The maximum atomic E-state index is 14.0. The van der Waals surface area contributed by atoms with Gasteiger partial charge in [0.1, 0.15) is 18.5 Å². The Kier molecular flexibility index (Phi) is 7.84. The number of nitrogens with zero attached hydrogens (tertiary/aromatic N) is 3. The Bertz CT molecular complexity index is 848. The van der Waals surface area contributed by atoms with Gasteiger partial charge in [0.2, 0.25) is 0 Å². The number of aliphatic imine (C=N–C) groups is 1. The molecule has 8 heteroatoms. The van der Waals surface area contributed by atoms with E-state index >= 15 is 0 Å². The number of aromatic nitrogens is 1. The van der Waals surface area contributed by atoms with Crippen LogP contribution in [0.25, 0.3) is 0 Å². The molecule has 0 radical (unpaired) electrons. The average molecular weight is 416 g/mol. The molecular formula is C22H30FN5O2. The van der Waals surface area contributed by atoms with Crippen molar-refractivity contribution in [2.45, 2.75) is 32.4 Å². The first-order valence-corrected chi connectivity index (χ1v) is 10.3. The smallest absolute Gasteiger partial charge is 0.191 e. The second-order valence-corrected chi connectivity index (χ2v) is 7.39. The predicted octanol–water partition coefficient (Wildman–Crippen LogP) is 2.10. The quantitative estimate of drug-likeness (QED) is 0.453. The Labute approximate surface area is 177 Å². The van der Waals surface area contributed by atoms with Gasteiger partial charge in [0, 0.05) is 31.9 Å². The lowest BCUT2D eigenvalue weighted by Gasteiger charge is -2.20. The molecule has 2 atom stereocenters. The standard InChI is InChI=1S/C22H30FN5O2/c1-3-24-22(26-13-18(29)15-30-19-7-4-6-16(2)12-19)27-17-9-11-28(14-17)21-20(23)8-5-10-25-21/h4-8,10,12,17-18,29H,3,9,11,13-15H2,1-2H3,(H2,24,26,27). The van der Waals surface area contributed by atoms with Gasteiger partial charge in [-0.2, -0.15) is 0 Å². The summed E-state index contributed by atoms with van der Waals surface area (Å²) >= 11 is 0. The number of rotatable bonds is 8. The van der Waals surface area contributed by atoms with E-state index in [4.69, 9.17) is 4.74 Å². The molecule has 0 saturated carbocycles. The minimum Gasteiger partial charge on any atom is -0.491 e. The molecule has 1 fully saturated rings. The molecule has 1 aliphatic heterocycles. The fourth-order valence-electron chi connectivity index (χ4n) is 3.34. The largest absolute Gasteiger partial charge is 0.491 e. The van der Waals surface area contributed by atoms with Crippen LogP contribution in [-0.4, -0.2) is 61.0 Å². The van der Waals surface area contributed by atoms with E-state index in [1.54, 1.807) is 12.3 Å². The lowest BCUT2D eigenvalue weighted by Crippen LogP contribution is -2.45. The molecule has 0 spiro atoms. The average Bonchev–Trinajstić information content (AvgIpc) is 3.19. The zero-order chi connectivity index (χ0) is 21.3. The highest BCUT2D eigenvalue weighted by Crippen LogP contribution is 2.20. The van der Waals surface area contributed by atoms with Gasteiger partial charge in [-0.25, -0.2) is 9.37 Å². The third kappa shape index (κ3) is 6.32. The number of aliphatic hydroxyl groups excluding tert-OH is 1. The van der Waals surface area contributed by atoms with Crippen LogP contribution in [0.1, 0.15) is 18.9 Å². The number of nitrogens with one attached hydrogen (secondary N) is 2. The van der Waals surface area contributed by atoms with Crippen LogP contribution >= 0.6 is 0 Å². The summed E-state index contributed by atoms with van der Waals surface area (Å²) in [6, 6.07) is 10.8. The minimum atomic E-state index is -0.719. The normalized spacial score (nSPS) is 17.7. The van der Waals surface area contributed by atoms with Crippen molar-refractivity contribution in [1.29, 1.82) is 0 Å². The number of guanidine groups is 1. The van der Waals surface area contributed by atoms with E-state index in [1.807, 2.05) is 43.0 Å². The van der Waals surface area contributed by atoms with Crippen LogP contribution in [0.4, 0.5) is 10.2 Å². The van der Waals surface area contributed by atoms with Crippen LogP contribution in [0, 0.1) is 12.7 Å². The second kappa shape index (κ2) is 10.8. The topological polar surface area (TPSA) is 82.0 Å². The van der Waals surface area contributed by atoms with Crippen molar-refractivity contribution in [3.05, 3.63) is 54.0 Å². The number of ether oxygens (including phenoxy) is 1. The lowest BCUT2D eigenvalue weighted by atomic mass is 10.2. The summed E-state index contributed by atoms with van der Waals surface area (Å²) < 4.78 is 19.6. The van der Waals surface area contributed by atoms with Crippen molar-refractivity contribution < 1.29 is 14.2 Å². The fraction of sp³-hybridized carbons (Fsp3) is 0.455. The van der Waals surface area contributed by atoms with Gasteiger partial charge in [0.05, 0.1) is 6.54 Å². The Morgan fingerprint density at radius 3 is 3.03 bits per heavy atom. The van der Waals surface area contributed by atoms with E-state index in [9.17, 15) is 9.50 Å². The molecule has 2 aromatic rings. The molecule has 2 unspecified atom stereocenters. The molecule has 30 heavy (non-hydrogen) atoms. The van der Waals surface area contributed by atoms with Crippen LogP contribution in [0.5, 0.6) is 5.75 Å². The molecule has 0 amide bonds. The molecule has 1 aromatic heterocycles. The van der Waals surface area contributed by atoms with Crippen LogP contribution in [0.2, 0.25) is 0 Å². The van der Waals surface area contributed by atoms with Gasteiger partial charge in [-0.1, -0.05) is 12.1 Å². The summed E-state index contributed by atoms with van der Waals surface area (Å²) in [4.78, 5) is 10.6. The first-order valence-electron chi connectivity index (χ1n) is 10.3. The Morgan fingerprint density at radius 2 is 2.27 bits per heavy atom. The zero-order valence-electron chi connectivity index (χ0n) is 17.5. The maximum Gasteiger partial charge on any atom is 0.191 e. The Morgan fingerprint density at radius 1 is 1.40 bits per heavy atom. The molecule has 7 nitrogen and oxygen atoms in total. The van der Waals surface area contributed by atoms with Gasteiger partial charge in [-0.05, 0) is 50.1 Å². The highest BCUT2D eigenvalue weighted by Gasteiger charge is 2.26. The van der Waals surface area contributed by atoms with E-state index in [-0.39, 0.29) is 25.0 Å². The highest BCUT2D eigenvalue weighted by molar-refractivity contribution is 5.80. The molecule has 0 aliphatic carbocycles. The summed E-state index contributed by atoms with van der Waals surface area (Å²) in [7, 11) is 0. The number of aryl methyl sites for hydroxylation is 1. The summed E-state index contributed by atoms with van der Waals surface area (Å²) in [5.41, 5.74) is 1.11. The van der Waals surface area contributed by atoms with Crippen molar-refractivity contribution in [2.75, 3.05) is 37.7 Å². The molecule has 1 saturated heterocycles. The molecule has 3 N–H and O–H groups in total. The van der Waals surface area contributed by atoms with E-state index in [0.717, 1.165) is 24.3 Å². The fourth-order valence-corrected chi connectivity index (χ4v) is 3.34. The predicted molar refractivity (Wildman–Crippen MR) is 117 cm³/mol. The van der Waals surface area contributed by atoms with E-state index in [2.05, 4.69) is 20.6 Å². The van der Waals surface area contributed by atoms with Crippen molar-refractivity contribution in [1.82, 2.24) is 15.6 Å². The van der Waals surface area contributed by atoms with Crippen molar-refractivity contribution in [3.8, 4) is 5.75 Å². The van der Waals surface area contributed by atoms with Crippen LogP contribution in [0.3, 0.4) is 0 Å². The van der Waals surface area contributed by atoms with Crippen LogP contribution in [0.15, 0.2) is 47.6 Å². The van der Waals surface area contributed by atoms with Gasteiger partial charge >= 0.3 is 0 Å². The summed E-state index contributed by atoms with van der Waals surface area (Å²) in [5, 5.41) is 16.8. The SMILES string of the molecule is CCNC(=NCC(O)COc1cccc(C)c1)NC1CCN(c2ncccc2F)C1. The third-order valence-corrected chi connectivity index (χ3v) is 4.80. The summed E-state index contributed by atoms with van der Waals surface area (Å²) in [5.74, 6) is 1.43. The first kappa shape index (κ1) is 21.8. The number of anilines is 1. The third-order valence-electron chi connectivity index (χ3n) is 4.80. The number of hydrogen-bond donors (Lipinski definition) is 3. The number of halogens is 1. The molecule has 0 bridgehead atoms. The molecule has 162 valence electrons. The monoisotopic (exact) mass is 415 g/mol. The number of pyridine rings is 1.